The highest BCUT2D eigenvalue weighted by molar-refractivity contribution is 5.95. The van der Waals surface area contributed by atoms with E-state index in [9.17, 15) is 9.18 Å². The molecule has 1 aliphatic heterocycles. The van der Waals surface area contributed by atoms with Gasteiger partial charge in [-0.3, -0.25) is 5.10 Å². The molecular weight excluding hydrogens is 519 g/mol. The summed E-state index contributed by atoms with van der Waals surface area (Å²) in [5, 5.41) is 20.1. The Morgan fingerprint density at radius 3 is 2.80 bits per heavy atom. The number of aromatic nitrogens is 6. The van der Waals surface area contributed by atoms with E-state index in [1.807, 2.05) is 72.6 Å². The molecule has 6 aromatic rings. The van der Waals surface area contributed by atoms with Crippen LogP contribution < -0.4 is 5.32 Å². The number of hydrogen-bond acceptors (Lipinski definition) is 5. The molecule has 10 heteroatoms. The van der Waals surface area contributed by atoms with Gasteiger partial charge in [-0.05, 0) is 78.1 Å². The van der Waals surface area contributed by atoms with Crippen LogP contribution >= 0.6 is 0 Å². The van der Waals surface area contributed by atoms with E-state index in [2.05, 4.69) is 36.9 Å². The summed E-state index contributed by atoms with van der Waals surface area (Å²) in [5.41, 5.74) is 8.07. The fraction of sp³-hybridized carbons (Fsp3) is 0.129. The molecule has 0 aliphatic carbocycles. The molecule has 1 aliphatic rings. The first-order valence-corrected chi connectivity index (χ1v) is 13.3. The summed E-state index contributed by atoms with van der Waals surface area (Å²) in [7, 11) is 0. The second-order valence-corrected chi connectivity index (χ2v) is 10.1. The van der Waals surface area contributed by atoms with E-state index in [-0.39, 0.29) is 6.03 Å². The molecule has 0 unspecified atom stereocenters. The number of H-pyrrole nitrogens is 1. The average molecular weight is 545 g/mol. The Bertz CT molecular complexity index is 1930. The second-order valence-electron chi connectivity index (χ2n) is 10.1. The molecule has 0 spiro atoms. The Labute approximate surface area is 234 Å². The van der Waals surface area contributed by atoms with Crippen LogP contribution in [-0.2, 0) is 13.0 Å². The van der Waals surface area contributed by atoms with Crippen molar-refractivity contribution in [3.05, 3.63) is 108 Å². The van der Waals surface area contributed by atoms with Crippen molar-refractivity contribution >= 4 is 22.6 Å². The minimum Gasteiger partial charge on any atom is -0.320 e. The van der Waals surface area contributed by atoms with Crippen molar-refractivity contribution in [3.8, 4) is 28.2 Å². The van der Waals surface area contributed by atoms with Crippen LogP contribution in [-0.4, -0.2) is 47.7 Å². The van der Waals surface area contributed by atoms with Crippen LogP contribution in [0.2, 0.25) is 0 Å². The Morgan fingerprint density at radius 1 is 1.02 bits per heavy atom. The summed E-state index contributed by atoms with van der Waals surface area (Å²) in [6.45, 7) is 3.12. The van der Waals surface area contributed by atoms with E-state index in [4.69, 9.17) is 0 Å². The zero-order valence-corrected chi connectivity index (χ0v) is 22.2. The lowest BCUT2D eigenvalue weighted by atomic mass is 9.99. The largest absolute Gasteiger partial charge is 0.322 e. The van der Waals surface area contributed by atoms with Crippen LogP contribution in [0.4, 0.5) is 14.9 Å². The lowest BCUT2D eigenvalue weighted by Crippen LogP contribution is -2.39. The van der Waals surface area contributed by atoms with Gasteiger partial charge in [0, 0.05) is 35.9 Å². The number of carbonyl (C=O) groups excluding carboxylic acids is 1. The number of carbonyl (C=O) groups is 1. The number of aromatic amines is 1. The van der Waals surface area contributed by atoms with Crippen molar-refractivity contribution in [1.29, 1.82) is 0 Å². The molecule has 3 aromatic carbocycles. The lowest BCUT2D eigenvalue weighted by molar-refractivity contribution is 0.206. The Hall–Kier alpha value is -5.38. The predicted octanol–water partition coefficient (Wildman–Crippen LogP) is 5.91. The second kappa shape index (κ2) is 9.98. The molecule has 0 bridgehead atoms. The summed E-state index contributed by atoms with van der Waals surface area (Å²) < 4.78 is 16.0. The molecule has 41 heavy (non-hydrogen) atoms. The summed E-state index contributed by atoms with van der Waals surface area (Å²) in [5.74, 6) is -0.526. The number of urea groups is 1. The topological polar surface area (TPSA) is 105 Å². The molecule has 7 rings (SSSR count). The molecule has 4 heterocycles. The average Bonchev–Trinajstić information content (AvgIpc) is 3.65. The van der Waals surface area contributed by atoms with Gasteiger partial charge in [0.1, 0.15) is 11.4 Å². The number of para-hydroxylation sites is 1. The maximum absolute atomic E-state index is 14.3. The van der Waals surface area contributed by atoms with Crippen LogP contribution in [0.15, 0.2) is 85.2 Å². The molecule has 0 saturated heterocycles. The van der Waals surface area contributed by atoms with Gasteiger partial charge in [0.2, 0.25) is 5.95 Å². The highest BCUT2D eigenvalue weighted by Crippen LogP contribution is 2.31. The highest BCUT2D eigenvalue weighted by Gasteiger charge is 2.22. The molecule has 3 aromatic heterocycles. The van der Waals surface area contributed by atoms with Gasteiger partial charge < -0.3 is 10.2 Å². The van der Waals surface area contributed by atoms with Crippen LogP contribution in [0, 0.1) is 12.9 Å². The first-order valence-electron chi connectivity index (χ1n) is 13.3. The molecule has 0 fully saturated rings. The van der Waals surface area contributed by atoms with Crippen molar-refractivity contribution in [2.75, 3.05) is 11.9 Å². The van der Waals surface area contributed by atoms with Crippen molar-refractivity contribution in [3.63, 3.8) is 0 Å². The highest BCUT2D eigenvalue weighted by atomic mass is 19.1. The zero-order valence-electron chi connectivity index (χ0n) is 22.2. The van der Waals surface area contributed by atoms with Gasteiger partial charge in [-0.1, -0.05) is 35.5 Å². The lowest BCUT2D eigenvalue weighted by Gasteiger charge is -2.29. The van der Waals surface area contributed by atoms with Crippen molar-refractivity contribution in [2.45, 2.75) is 19.9 Å². The molecule has 9 nitrogen and oxygen atoms in total. The van der Waals surface area contributed by atoms with E-state index in [0.29, 0.717) is 35.6 Å². The van der Waals surface area contributed by atoms with Gasteiger partial charge in [0.25, 0.3) is 0 Å². The van der Waals surface area contributed by atoms with Gasteiger partial charge >= 0.3 is 6.03 Å². The third-order valence-corrected chi connectivity index (χ3v) is 7.51. The number of halogens is 1. The monoisotopic (exact) mass is 544 g/mol. The number of aryl methyl sites for hydroxylation is 1. The molecular formula is C31H25FN8O. The number of benzene rings is 3. The Kier molecular flexibility index (Phi) is 6.00. The molecule has 0 atom stereocenters. The fourth-order valence-electron chi connectivity index (χ4n) is 5.24. The smallest absolute Gasteiger partial charge is 0.320 e. The summed E-state index contributed by atoms with van der Waals surface area (Å²) in [4.78, 5) is 18.6. The standard InChI is InChI=1S/C31H25FN8O/c1-19-5-2-3-7-26(19)34-31(41)39-14-12-20-8-10-23(15-22(20)17-39)40-18-28(36-38-40)29-25-16-21(9-11-27(25)35-37-29)24-6-4-13-33-30(24)32/h2-11,13,15-16,18H,12,14,17H2,1H3,(H,34,41)(H,35,37). The Balaban J connectivity index is 1.15. The third kappa shape index (κ3) is 4.59. The number of amides is 2. The van der Waals surface area contributed by atoms with Gasteiger partial charge in [0.15, 0.2) is 0 Å². The first-order chi connectivity index (χ1) is 20.0. The quantitative estimate of drug-likeness (QED) is 0.269. The molecule has 2 N–H and O–H groups in total. The summed E-state index contributed by atoms with van der Waals surface area (Å²) in [6, 6.07) is 22.8. The van der Waals surface area contributed by atoms with Gasteiger partial charge in [0.05, 0.1) is 17.4 Å². The van der Waals surface area contributed by atoms with Gasteiger partial charge in [-0.25, -0.2) is 14.5 Å². The minimum absolute atomic E-state index is 0.116. The van der Waals surface area contributed by atoms with E-state index >= 15 is 0 Å². The zero-order chi connectivity index (χ0) is 27.9. The van der Waals surface area contributed by atoms with E-state index in [1.165, 1.54) is 11.8 Å². The number of nitrogens with zero attached hydrogens (tertiary/aromatic N) is 6. The number of anilines is 1. The van der Waals surface area contributed by atoms with Gasteiger partial charge in [-0.15, -0.1) is 5.10 Å². The fourth-order valence-corrected chi connectivity index (χ4v) is 5.24. The van der Waals surface area contributed by atoms with Gasteiger partial charge in [-0.2, -0.15) is 9.49 Å². The van der Waals surface area contributed by atoms with Crippen molar-refractivity contribution in [2.24, 2.45) is 0 Å². The van der Waals surface area contributed by atoms with Crippen LogP contribution in [0.1, 0.15) is 16.7 Å². The van der Waals surface area contributed by atoms with Crippen LogP contribution in [0.25, 0.3) is 39.1 Å². The maximum atomic E-state index is 14.3. The van der Waals surface area contributed by atoms with Crippen molar-refractivity contribution in [1.82, 2.24) is 35.1 Å². The summed E-state index contributed by atoms with van der Waals surface area (Å²) >= 11 is 0. The third-order valence-electron chi connectivity index (χ3n) is 7.51. The predicted molar refractivity (Wildman–Crippen MR) is 154 cm³/mol. The number of hydrogen-bond donors (Lipinski definition) is 2. The number of nitrogens with one attached hydrogen (secondary N) is 2. The van der Waals surface area contributed by atoms with E-state index < -0.39 is 5.95 Å². The minimum atomic E-state index is -0.526. The first kappa shape index (κ1) is 24.6. The number of rotatable bonds is 4. The SMILES string of the molecule is Cc1ccccc1NC(=O)N1CCc2ccc(-n3cc(-c4n[nH]c5ccc(-c6cccnc6F)cc45)nn3)cc2C1. The van der Waals surface area contributed by atoms with Crippen LogP contribution in [0.3, 0.4) is 0 Å². The molecule has 0 radical (unpaired) electrons. The summed E-state index contributed by atoms with van der Waals surface area (Å²) in [6.07, 6.45) is 4.02. The van der Waals surface area contributed by atoms with E-state index in [0.717, 1.165) is 39.8 Å². The molecule has 2 amide bonds. The Morgan fingerprint density at radius 2 is 1.93 bits per heavy atom. The molecule has 202 valence electrons. The molecule has 0 saturated carbocycles. The number of fused-ring (bicyclic) bond motifs is 2. The van der Waals surface area contributed by atoms with Crippen LogP contribution in [0.5, 0.6) is 0 Å². The normalized spacial score (nSPS) is 12.9. The van der Waals surface area contributed by atoms with Crippen molar-refractivity contribution < 1.29 is 9.18 Å². The maximum Gasteiger partial charge on any atom is 0.322 e. The number of pyridine rings is 1. The van der Waals surface area contributed by atoms with E-state index in [1.54, 1.807) is 16.8 Å².